The summed E-state index contributed by atoms with van der Waals surface area (Å²) in [7, 11) is 0. The molecule has 0 amide bonds. The highest BCUT2D eigenvalue weighted by Gasteiger charge is 2.29. The van der Waals surface area contributed by atoms with Gasteiger partial charge in [0.15, 0.2) is 0 Å². The molecule has 0 N–H and O–H groups in total. The normalized spacial score (nSPS) is 14.9. The van der Waals surface area contributed by atoms with Gasteiger partial charge in [-0.2, -0.15) is 0 Å². The maximum absolute atomic E-state index is 12.6. The predicted molar refractivity (Wildman–Crippen MR) is 241 cm³/mol. The average molecular weight is 897 g/mol. The van der Waals surface area contributed by atoms with Gasteiger partial charge >= 0.3 is 35.8 Å². The van der Waals surface area contributed by atoms with Crippen LogP contribution in [0.5, 0.6) is 0 Å². The summed E-state index contributed by atoms with van der Waals surface area (Å²) in [5, 5.41) is 0. The van der Waals surface area contributed by atoms with Crippen molar-refractivity contribution in [1.29, 1.82) is 0 Å². The van der Waals surface area contributed by atoms with E-state index in [1.807, 2.05) is 9.80 Å². The highest BCUT2D eigenvalue weighted by Crippen LogP contribution is 2.16. The molecule has 0 unspecified atom stereocenters. The van der Waals surface area contributed by atoms with Crippen LogP contribution >= 0.6 is 0 Å². The highest BCUT2D eigenvalue weighted by molar-refractivity contribution is 5.71. The molecule has 0 aliphatic carbocycles. The minimum absolute atomic E-state index is 0.157. The summed E-state index contributed by atoms with van der Waals surface area (Å²) in [6.07, 6.45) is 26.0. The van der Waals surface area contributed by atoms with E-state index in [0.29, 0.717) is 104 Å². The fraction of sp³-hybridized carbons (Fsp3) is 0.708. The number of rotatable bonds is 36. The van der Waals surface area contributed by atoms with Crippen LogP contribution in [0.2, 0.25) is 0 Å². The Hall–Kier alpha value is -5.10. The Labute approximate surface area is 382 Å². The summed E-state index contributed by atoms with van der Waals surface area (Å²) in [5.74, 6) is 7.72. The van der Waals surface area contributed by atoms with Gasteiger partial charge in [-0.1, -0.05) is 0 Å². The van der Waals surface area contributed by atoms with Crippen molar-refractivity contribution in [3.8, 4) is 49.4 Å². The van der Waals surface area contributed by atoms with Crippen LogP contribution in [0, 0.1) is 49.4 Å². The monoisotopic (exact) mass is 897 g/mol. The third kappa shape index (κ3) is 30.1. The van der Waals surface area contributed by atoms with E-state index >= 15 is 0 Å². The van der Waals surface area contributed by atoms with Gasteiger partial charge in [-0.3, -0.25) is 38.6 Å². The van der Waals surface area contributed by atoms with E-state index in [1.165, 1.54) is 0 Å². The second-order valence-corrected chi connectivity index (χ2v) is 15.4. The Morgan fingerprint density at radius 2 is 0.688 bits per heavy atom. The second-order valence-electron chi connectivity index (χ2n) is 15.4. The van der Waals surface area contributed by atoms with E-state index in [9.17, 15) is 28.8 Å². The van der Waals surface area contributed by atoms with Crippen molar-refractivity contribution in [3.63, 3.8) is 0 Å². The number of hydrogen-bond acceptors (Lipinski definition) is 16. The SMILES string of the molecule is C#CCCOC(=O)CCN(CCCCOC(=O)CCN1C[C@H](C)N(CCC(=O)OCCCCN(CCC(=O)OCCC#C)CCC(=O)OCCC#C)C[C@H]1C)CCC(=O)OCCC#C. The molecule has 0 saturated carbocycles. The van der Waals surface area contributed by atoms with Crippen LogP contribution in [0.3, 0.4) is 0 Å². The first-order valence-corrected chi connectivity index (χ1v) is 22.5. The van der Waals surface area contributed by atoms with Crippen LogP contribution in [-0.2, 0) is 57.2 Å². The Morgan fingerprint density at radius 3 is 0.969 bits per heavy atom. The number of terminal acetylenes is 4. The molecular weight excluding hydrogens is 825 g/mol. The third-order valence-electron chi connectivity index (χ3n) is 10.3. The van der Waals surface area contributed by atoms with Crippen molar-refractivity contribution in [1.82, 2.24) is 19.6 Å². The molecule has 2 atom stereocenters. The number of piperazine rings is 1. The van der Waals surface area contributed by atoms with Gasteiger partial charge in [0.2, 0.25) is 0 Å². The van der Waals surface area contributed by atoms with Crippen LogP contribution < -0.4 is 0 Å². The first kappa shape index (κ1) is 56.9. The summed E-state index contributed by atoms with van der Waals surface area (Å²) < 4.78 is 31.6. The molecule has 0 spiro atoms. The summed E-state index contributed by atoms with van der Waals surface area (Å²) >= 11 is 0. The Balaban J connectivity index is 2.38. The molecule has 0 radical (unpaired) electrons. The zero-order valence-corrected chi connectivity index (χ0v) is 38.4. The minimum Gasteiger partial charge on any atom is -0.466 e. The summed E-state index contributed by atoms with van der Waals surface area (Å²) in [6, 6.07) is 0.348. The van der Waals surface area contributed by atoms with Crippen molar-refractivity contribution in [2.45, 2.75) is 116 Å². The summed E-state index contributed by atoms with van der Waals surface area (Å²) in [5.41, 5.74) is 0. The first-order valence-electron chi connectivity index (χ1n) is 22.5. The van der Waals surface area contributed by atoms with Gasteiger partial charge in [-0.05, 0) is 52.6 Å². The lowest BCUT2D eigenvalue weighted by Gasteiger charge is -2.44. The number of carbonyl (C=O) groups is 6. The molecule has 0 aromatic rings. The molecule has 1 aliphatic heterocycles. The molecule has 356 valence electrons. The fourth-order valence-electron chi connectivity index (χ4n) is 6.61. The molecular formula is C48H72N4O12. The van der Waals surface area contributed by atoms with Crippen molar-refractivity contribution in [2.75, 3.05) is 105 Å². The maximum Gasteiger partial charge on any atom is 0.307 e. The van der Waals surface area contributed by atoms with E-state index in [-0.39, 0.29) is 126 Å². The average Bonchev–Trinajstić information content (AvgIpc) is 3.27. The highest BCUT2D eigenvalue weighted by atomic mass is 16.5. The molecule has 0 aromatic carbocycles. The van der Waals surface area contributed by atoms with Gasteiger partial charge in [0, 0.05) is 90.1 Å². The van der Waals surface area contributed by atoms with Crippen LogP contribution in [0.4, 0.5) is 0 Å². The Bertz CT molecular complexity index is 1370. The number of esters is 6. The summed E-state index contributed by atoms with van der Waals surface area (Å²) in [4.78, 5) is 82.2. The number of carbonyl (C=O) groups excluding carboxylic acids is 6. The zero-order valence-electron chi connectivity index (χ0n) is 38.4. The van der Waals surface area contributed by atoms with E-state index < -0.39 is 0 Å². The van der Waals surface area contributed by atoms with Gasteiger partial charge in [0.1, 0.15) is 26.4 Å². The van der Waals surface area contributed by atoms with Gasteiger partial charge in [0.05, 0.1) is 51.7 Å². The van der Waals surface area contributed by atoms with Crippen molar-refractivity contribution >= 4 is 35.8 Å². The lowest BCUT2D eigenvalue weighted by atomic mass is 10.1. The Morgan fingerprint density at radius 1 is 0.422 bits per heavy atom. The van der Waals surface area contributed by atoms with Gasteiger partial charge in [0.25, 0.3) is 0 Å². The molecule has 1 aliphatic rings. The summed E-state index contributed by atoms with van der Waals surface area (Å²) in [6.45, 7) is 10.8. The van der Waals surface area contributed by atoms with Crippen molar-refractivity contribution in [2.24, 2.45) is 0 Å². The second kappa shape index (κ2) is 37.3. The van der Waals surface area contributed by atoms with Gasteiger partial charge in [-0.25, -0.2) is 0 Å². The molecule has 1 heterocycles. The minimum atomic E-state index is -0.360. The van der Waals surface area contributed by atoms with Crippen molar-refractivity contribution in [3.05, 3.63) is 0 Å². The predicted octanol–water partition coefficient (Wildman–Crippen LogP) is 3.24. The van der Waals surface area contributed by atoms with E-state index in [0.717, 1.165) is 13.1 Å². The number of nitrogens with zero attached hydrogens (tertiary/aromatic N) is 4. The lowest BCUT2D eigenvalue weighted by molar-refractivity contribution is -0.146. The Kier molecular flexibility index (Phi) is 33.2. The number of unbranched alkanes of at least 4 members (excludes halogenated alkanes) is 2. The van der Waals surface area contributed by atoms with Crippen LogP contribution in [0.15, 0.2) is 0 Å². The van der Waals surface area contributed by atoms with Crippen LogP contribution in [0.25, 0.3) is 0 Å². The quantitative estimate of drug-likeness (QED) is 0.0389. The fourth-order valence-corrected chi connectivity index (χ4v) is 6.61. The van der Waals surface area contributed by atoms with Crippen LogP contribution in [0.1, 0.15) is 104 Å². The molecule has 16 nitrogen and oxygen atoms in total. The number of ether oxygens (including phenoxy) is 6. The molecule has 1 rings (SSSR count). The van der Waals surface area contributed by atoms with Gasteiger partial charge < -0.3 is 38.2 Å². The maximum atomic E-state index is 12.6. The molecule has 0 aromatic heterocycles. The third-order valence-corrected chi connectivity index (χ3v) is 10.3. The largest absolute Gasteiger partial charge is 0.466 e. The standard InChI is InChI=1S/C48H72N4O12/c1-7-11-33-59-43(53)19-27-49(28-20-44(54)60-34-12-8-2)25-15-17-37-63-47(57)23-31-51-39-42(6)52(40-41(51)5)32-24-48(58)64-38-18-16-26-50(29-21-45(55)61-35-13-9-3)30-22-46(56)62-36-14-10-4/h1-4,41-42H,11-40H2,5-6H3/t41-,42+. The lowest BCUT2D eigenvalue weighted by Crippen LogP contribution is -2.56. The van der Waals surface area contributed by atoms with E-state index in [1.54, 1.807) is 0 Å². The van der Waals surface area contributed by atoms with E-state index in [2.05, 4.69) is 47.3 Å². The van der Waals surface area contributed by atoms with Crippen LogP contribution in [-0.4, -0.2) is 173 Å². The first-order chi connectivity index (χ1) is 30.9. The molecule has 0 bridgehead atoms. The van der Waals surface area contributed by atoms with Crippen molar-refractivity contribution < 1.29 is 57.2 Å². The topological polar surface area (TPSA) is 171 Å². The molecule has 1 fully saturated rings. The van der Waals surface area contributed by atoms with Gasteiger partial charge in [-0.15, -0.1) is 49.4 Å². The molecule has 1 saturated heterocycles. The van der Waals surface area contributed by atoms with E-state index in [4.69, 9.17) is 54.1 Å². The molecule has 64 heavy (non-hydrogen) atoms. The molecule has 16 heteroatoms. The smallest absolute Gasteiger partial charge is 0.307 e. The zero-order chi connectivity index (χ0) is 47.2. The number of hydrogen-bond donors (Lipinski definition) is 0.